The Kier molecular flexibility index (Phi) is 7.18. The normalized spacial score (nSPS) is 13.1. The standard InChI is InChI=1S/C7H11O3P/c1-3-4-5-6-7-10-11(8)9-2/h1,5-6,11H,4,7H2,2H3. The Bertz CT molecular complexity index is 181. The quantitative estimate of drug-likeness (QED) is 0.361. The predicted molar refractivity (Wildman–Crippen MR) is 44.6 cm³/mol. The highest BCUT2D eigenvalue weighted by Gasteiger charge is 1.90. The zero-order valence-electron chi connectivity index (χ0n) is 6.37. The van der Waals surface area contributed by atoms with Gasteiger partial charge in [-0.15, -0.1) is 12.3 Å². The fraction of sp³-hybridized carbons (Fsp3) is 0.429. The van der Waals surface area contributed by atoms with Crippen molar-refractivity contribution < 1.29 is 13.6 Å². The van der Waals surface area contributed by atoms with Crippen molar-refractivity contribution >= 4 is 8.25 Å². The maximum atomic E-state index is 10.5. The number of rotatable bonds is 5. The summed E-state index contributed by atoms with van der Waals surface area (Å²) in [6.07, 6.45) is 9.02. The van der Waals surface area contributed by atoms with E-state index >= 15 is 0 Å². The van der Waals surface area contributed by atoms with Crippen LogP contribution in [-0.2, 0) is 13.6 Å². The Balaban J connectivity index is 3.28. The summed E-state index contributed by atoms with van der Waals surface area (Å²) in [5.74, 6) is 2.43. The van der Waals surface area contributed by atoms with Crippen LogP contribution in [0.5, 0.6) is 0 Å². The summed E-state index contributed by atoms with van der Waals surface area (Å²) in [6, 6.07) is 0. The van der Waals surface area contributed by atoms with Gasteiger partial charge in [0.2, 0.25) is 0 Å². The molecule has 0 bridgehead atoms. The SMILES string of the molecule is C#CCC=CCO[PH](=O)OC. The lowest BCUT2D eigenvalue weighted by Crippen LogP contribution is -1.80. The molecule has 0 saturated heterocycles. The largest absolute Gasteiger partial charge is 0.319 e. The molecule has 62 valence electrons. The monoisotopic (exact) mass is 174 g/mol. The Morgan fingerprint density at radius 1 is 1.64 bits per heavy atom. The van der Waals surface area contributed by atoms with Gasteiger partial charge in [0.1, 0.15) is 0 Å². The molecule has 0 aromatic carbocycles. The lowest BCUT2D eigenvalue weighted by atomic mass is 10.4. The van der Waals surface area contributed by atoms with Gasteiger partial charge in [0.25, 0.3) is 0 Å². The molecule has 3 nitrogen and oxygen atoms in total. The summed E-state index contributed by atoms with van der Waals surface area (Å²) < 4.78 is 19.6. The molecule has 0 radical (unpaired) electrons. The van der Waals surface area contributed by atoms with E-state index in [1.807, 2.05) is 0 Å². The summed E-state index contributed by atoms with van der Waals surface area (Å²) in [7, 11) is -0.929. The molecule has 1 atom stereocenters. The maximum absolute atomic E-state index is 10.5. The molecular formula is C7H11O3P. The van der Waals surface area contributed by atoms with Gasteiger partial charge in [0.15, 0.2) is 0 Å². The first-order valence-corrected chi connectivity index (χ1v) is 4.33. The second-order valence-electron chi connectivity index (χ2n) is 1.64. The smallest absolute Gasteiger partial charge is 0.314 e. The number of terminal acetylenes is 1. The van der Waals surface area contributed by atoms with Crippen LogP contribution in [0.25, 0.3) is 0 Å². The Morgan fingerprint density at radius 2 is 2.36 bits per heavy atom. The molecule has 0 N–H and O–H groups in total. The molecule has 0 aromatic heterocycles. The zero-order valence-corrected chi connectivity index (χ0v) is 7.37. The number of allylic oxidation sites excluding steroid dienone is 1. The van der Waals surface area contributed by atoms with Crippen molar-refractivity contribution in [3.05, 3.63) is 12.2 Å². The fourth-order valence-corrected chi connectivity index (χ4v) is 0.745. The van der Waals surface area contributed by atoms with E-state index in [9.17, 15) is 4.57 Å². The molecule has 0 amide bonds. The first-order valence-electron chi connectivity index (χ1n) is 3.10. The van der Waals surface area contributed by atoms with Gasteiger partial charge in [-0.3, -0.25) is 4.57 Å². The van der Waals surface area contributed by atoms with E-state index in [4.69, 9.17) is 10.9 Å². The summed E-state index contributed by atoms with van der Waals surface area (Å²) in [5.41, 5.74) is 0. The van der Waals surface area contributed by atoms with Gasteiger partial charge in [0.05, 0.1) is 6.61 Å². The van der Waals surface area contributed by atoms with Crippen LogP contribution in [0.15, 0.2) is 12.2 Å². The van der Waals surface area contributed by atoms with Crippen molar-refractivity contribution in [1.82, 2.24) is 0 Å². The van der Waals surface area contributed by atoms with E-state index in [0.29, 0.717) is 6.42 Å². The van der Waals surface area contributed by atoms with Gasteiger partial charge in [-0.1, -0.05) is 12.2 Å². The molecule has 0 aliphatic carbocycles. The summed E-state index contributed by atoms with van der Waals surface area (Å²) in [4.78, 5) is 0. The minimum absolute atomic E-state index is 0.285. The lowest BCUT2D eigenvalue weighted by Gasteiger charge is -1.95. The second-order valence-corrected chi connectivity index (χ2v) is 2.84. The van der Waals surface area contributed by atoms with E-state index in [-0.39, 0.29) is 6.61 Å². The molecule has 11 heavy (non-hydrogen) atoms. The van der Waals surface area contributed by atoms with Crippen LogP contribution in [0.4, 0.5) is 0 Å². The topological polar surface area (TPSA) is 35.5 Å². The van der Waals surface area contributed by atoms with Crippen molar-refractivity contribution in [2.24, 2.45) is 0 Å². The first kappa shape index (κ1) is 10.4. The Morgan fingerprint density at radius 3 is 2.91 bits per heavy atom. The van der Waals surface area contributed by atoms with Crippen LogP contribution in [0.1, 0.15) is 6.42 Å². The fourth-order valence-electron chi connectivity index (χ4n) is 0.394. The summed E-state index contributed by atoms with van der Waals surface area (Å²) >= 11 is 0. The minimum atomic E-state index is -2.27. The molecule has 4 heteroatoms. The van der Waals surface area contributed by atoms with Crippen LogP contribution < -0.4 is 0 Å². The van der Waals surface area contributed by atoms with Gasteiger partial charge >= 0.3 is 8.25 Å². The highest BCUT2D eigenvalue weighted by Crippen LogP contribution is 2.20. The van der Waals surface area contributed by atoms with Crippen LogP contribution in [0.3, 0.4) is 0 Å². The highest BCUT2D eigenvalue weighted by molar-refractivity contribution is 7.33. The molecule has 0 fully saturated rings. The molecule has 0 heterocycles. The minimum Gasteiger partial charge on any atom is -0.314 e. The predicted octanol–water partition coefficient (Wildman–Crippen LogP) is 1.62. The number of hydrogen-bond acceptors (Lipinski definition) is 3. The van der Waals surface area contributed by atoms with Crippen molar-refractivity contribution in [1.29, 1.82) is 0 Å². The molecule has 1 unspecified atom stereocenters. The van der Waals surface area contributed by atoms with Crippen LogP contribution in [0, 0.1) is 12.3 Å². The molecule has 0 saturated carbocycles. The van der Waals surface area contributed by atoms with Crippen LogP contribution in [-0.4, -0.2) is 13.7 Å². The van der Waals surface area contributed by atoms with Crippen LogP contribution in [0.2, 0.25) is 0 Å². The zero-order chi connectivity index (χ0) is 8.53. The van der Waals surface area contributed by atoms with Gasteiger partial charge in [-0.05, 0) is 0 Å². The second kappa shape index (κ2) is 7.56. The van der Waals surface area contributed by atoms with E-state index in [2.05, 4.69) is 10.4 Å². The summed E-state index contributed by atoms with van der Waals surface area (Å²) in [5, 5.41) is 0. The lowest BCUT2D eigenvalue weighted by molar-refractivity contribution is 0.279. The highest BCUT2D eigenvalue weighted by atomic mass is 31.1. The van der Waals surface area contributed by atoms with E-state index in [0.717, 1.165) is 0 Å². The van der Waals surface area contributed by atoms with E-state index < -0.39 is 8.25 Å². The third-order valence-electron chi connectivity index (χ3n) is 0.866. The third-order valence-corrected chi connectivity index (χ3v) is 1.60. The number of hydrogen-bond donors (Lipinski definition) is 0. The molecule has 0 spiro atoms. The van der Waals surface area contributed by atoms with E-state index in [1.165, 1.54) is 7.11 Å². The Hall–Kier alpha value is -0.550. The molecule has 0 aliphatic heterocycles. The van der Waals surface area contributed by atoms with Gasteiger partial charge in [-0.25, -0.2) is 0 Å². The summed E-state index contributed by atoms with van der Waals surface area (Å²) in [6.45, 7) is 0.285. The van der Waals surface area contributed by atoms with Gasteiger partial charge < -0.3 is 9.05 Å². The first-order chi connectivity index (χ1) is 5.31. The van der Waals surface area contributed by atoms with Crippen molar-refractivity contribution in [2.75, 3.05) is 13.7 Å². The molecule has 0 rings (SSSR count). The van der Waals surface area contributed by atoms with Crippen molar-refractivity contribution in [2.45, 2.75) is 6.42 Å². The average molecular weight is 174 g/mol. The third kappa shape index (κ3) is 7.35. The van der Waals surface area contributed by atoms with Crippen molar-refractivity contribution in [3.63, 3.8) is 0 Å². The van der Waals surface area contributed by atoms with Crippen molar-refractivity contribution in [3.8, 4) is 12.3 Å². The maximum Gasteiger partial charge on any atom is 0.319 e. The average Bonchev–Trinajstić information content (AvgIpc) is 2.04. The molecule has 0 aliphatic rings. The van der Waals surface area contributed by atoms with Gasteiger partial charge in [-0.2, -0.15) is 0 Å². The Labute approximate surface area is 67.3 Å². The van der Waals surface area contributed by atoms with E-state index in [1.54, 1.807) is 12.2 Å². The van der Waals surface area contributed by atoms with Crippen LogP contribution >= 0.6 is 8.25 Å². The molecule has 0 aromatic rings. The molecular weight excluding hydrogens is 163 g/mol. The van der Waals surface area contributed by atoms with Gasteiger partial charge in [0, 0.05) is 13.5 Å².